The highest BCUT2D eigenvalue weighted by atomic mass is 127. The van der Waals surface area contributed by atoms with Gasteiger partial charge >= 0.3 is 11.8 Å². The van der Waals surface area contributed by atoms with Crippen molar-refractivity contribution in [1.82, 2.24) is 9.80 Å². The zero-order valence-electron chi connectivity index (χ0n) is 19.4. The van der Waals surface area contributed by atoms with Crippen molar-refractivity contribution in [1.29, 1.82) is 0 Å². The van der Waals surface area contributed by atoms with Crippen molar-refractivity contribution < 1.29 is 66.5 Å². The Morgan fingerprint density at radius 1 is 0.600 bits per heavy atom. The number of hydrogen-bond acceptors (Lipinski definition) is 4. The number of piperidine rings is 2. The predicted molar refractivity (Wildman–Crippen MR) is 112 cm³/mol. The normalized spacial score (nSPS) is 26.5. The van der Waals surface area contributed by atoms with E-state index in [0.717, 1.165) is 52.4 Å². The first-order chi connectivity index (χ1) is 13.3. The molecule has 30 heavy (non-hydrogen) atoms. The van der Waals surface area contributed by atoms with Crippen molar-refractivity contribution in [3.8, 4) is 0 Å². The maximum atomic E-state index is 13.2. The van der Waals surface area contributed by atoms with Gasteiger partial charge in [-0.05, 0) is 52.4 Å². The molecule has 2 amide bonds. The molecule has 3 rings (SSSR count). The second-order valence-corrected chi connectivity index (χ2v) is 9.91. The number of rotatable bonds is 4. The summed E-state index contributed by atoms with van der Waals surface area (Å²) in [5, 5.41) is 0. The highest BCUT2D eigenvalue weighted by Crippen LogP contribution is 2.22. The Hall–Kier alpha value is 0.640. The summed E-state index contributed by atoms with van der Waals surface area (Å²) >= 11 is 0. The molecule has 0 aromatic rings. The highest BCUT2D eigenvalue weighted by Gasteiger charge is 2.42. The van der Waals surface area contributed by atoms with Crippen LogP contribution in [0.3, 0.4) is 0 Å². The fourth-order valence-corrected chi connectivity index (χ4v) is 5.59. The van der Waals surface area contributed by atoms with E-state index >= 15 is 0 Å². The van der Waals surface area contributed by atoms with Crippen molar-refractivity contribution in [2.24, 2.45) is 0 Å². The van der Waals surface area contributed by atoms with Crippen LogP contribution in [0.15, 0.2) is 0 Å². The lowest BCUT2D eigenvalue weighted by Crippen LogP contribution is -3.00. The summed E-state index contributed by atoms with van der Waals surface area (Å²) in [5.41, 5.74) is 0. The standard InChI is InChI=1S/C22H42N4O2.2HI/c1-19(21(27)25(3)15-7-5-8-16-25)23-11-13-24(14-12-23)20(2)22(28)26(4)17-9-6-10-18-26;;/h19-20H,5-18H2,1-4H3;2*1H/q+2;;/p-2. The van der Waals surface area contributed by atoms with Gasteiger partial charge in [-0.2, -0.15) is 0 Å². The number of nitrogens with zero attached hydrogens (tertiary/aromatic N) is 4. The lowest BCUT2D eigenvalue weighted by molar-refractivity contribution is -0.841. The van der Waals surface area contributed by atoms with Crippen molar-refractivity contribution in [2.45, 2.75) is 64.5 Å². The van der Waals surface area contributed by atoms with Gasteiger partial charge in [0.25, 0.3) is 0 Å². The molecule has 2 atom stereocenters. The zero-order chi connectivity index (χ0) is 20.4. The van der Waals surface area contributed by atoms with Crippen molar-refractivity contribution in [3.05, 3.63) is 0 Å². The van der Waals surface area contributed by atoms with Crippen LogP contribution in [-0.4, -0.2) is 109 Å². The minimum absolute atomic E-state index is 0. The van der Waals surface area contributed by atoms with E-state index in [4.69, 9.17) is 0 Å². The molecule has 0 aliphatic carbocycles. The summed E-state index contributed by atoms with van der Waals surface area (Å²) < 4.78 is 1.21. The third kappa shape index (κ3) is 6.36. The summed E-state index contributed by atoms with van der Waals surface area (Å²) in [4.78, 5) is 31.0. The van der Waals surface area contributed by atoms with Crippen LogP contribution in [0.25, 0.3) is 0 Å². The van der Waals surface area contributed by atoms with Crippen LogP contribution in [0.4, 0.5) is 0 Å². The number of hydrogen-bond donors (Lipinski definition) is 0. The number of amides is 2. The molecule has 8 heteroatoms. The second-order valence-electron chi connectivity index (χ2n) is 9.91. The average Bonchev–Trinajstić information content (AvgIpc) is 2.73. The summed E-state index contributed by atoms with van der Waals surface area (Å²) in [6, 6.07) is -0.0502. The maximum Gasteiger partial charge on any atom is 0.330 e. The molecule has 3 aliphatic heterocycles. The number of quaternary nitrogens is 2. The van der Waals surface area contributed by atoms with Gasteiger partial charge in [0.2, 0.25) is 0 Å². The second kappa shape index (κ2) is 12.2. The van der Waals surface area contributed by atoms with Gasteiger partial charge in [-0.25, -0.2) is 9.59 Å². The van der Waals surface area contributed by atoms with E-state index in [1.807, 2.05) is 0 Å². The summed E-state index contributed by atoms with van der Waals surface area (Å²) in [6.07, 6.45) is 7.19. The quantitative estimate of drug-likeness (QED) is 0.229. The van der Waals surface area contributed by atoms with Crippen LogP contribution in [0, 0.1) is 0 Å². The van der Waals surface area contributed by atoms with E-state index in [0.29, 0.717) is 20.8 Å². The van der Waals surface area contributed by atoms with Crippen LogP contribution in [-0.2, 0) is 9.59 Å². The minimum Gasteiger partial charge on any atom is -1.00 e. The zero-order valence-corrected chi connectivity index (χ0v) is 23.7. The van der Waals surface area contributed by atoms with Gasteiger partial charge < -0.3 is 48.0 Å². The molecule has 2 unspecified atom stereocenters. The van der Waals surface area contributed by atoms with Gasteiger partial charge in [-0.15, -0.1) is 0 Å². The number of halogens is 2. The van der Waals surface area contributed by atoms with Gasteiger partial charge in [0, 0.05) is 26.2 Å². The Labute approximate surface area is 217 Å². The summed E-state index contributed by atoms with van der Waals surface area (Å²) in [7, 11) is 4.25. The topological polar surface area (TPSA) is 40.6 Å². The van der Waals surface area contributed by atoms with E-state index in [2.05, 4.69) is 37.7 Å². The van der Waals surface area contributed by atoms with E-state index in [-0.39, 0.29) is 60.0 Å². The largest absolute Gasteiger partial charge is 1.00 e. The van der Waals surface area contributed by atoms with Crippen LogP contribution in [0.2, 0.25) is 0 Å². The summed E-state index contributed by atoms with van der Waals surface area (Å²) in [5.74, 6) is 0.757. The molecule has 0 aromatic carbocycles. The molecule has 6 nitrogen and oxygen atoms in total. The molecular weight excluding hydrogens is 606 g/mol. The molecule has 0 spiro atoms. The lowest BCUT2D eigenvalue weighted by Gasteiger charge is -2.44. The number of piperazine rings is 1. The Bertz CT molecular complexity index is 519. The first-order valence-electron chi connectivity index (χ1n) is 11.5. The third-order valence-corrected chi connectivity index (χ3v) is 7.83. The molecule has 0 aromatic heterocycles. The fourth-order valence-electron chi connectivity index (χ4n) is 5.59. The number of likely N-dealkylation sites (N-methyl/N-ethyl adjacent to an activating group) is 2. The van der Waals surface area contributed by atoms with Crippen LogP contribution >= 0.6 is 0 Å². The lowest BCUT2D eigenvalue weighted by atomic mass is 10.0. The fraction of sp³-hybridized carbons (Fsp3) is 0.909. The molecule has 176 valence electrons. The summed E-state index contributed by atoms with van der Waals surface area (Å²) in [6.45, 7) is 11.7. The van der Waals surface area contributed by atoms with Crippen LogP contribution in [0.1, 0.15) is 52.4 Å². The van der Waals surface area contributed by atoms with E-state index in [9.17, 15) is 9.59 Å². The number of likely N-dealkylation sites (tertiary alicyclic amines) is 2. The Kier molecular flexibility index (Phi) is 11.7. The average molecular weight is 648 g/mol. The first-order valence-corrected chi connectivity index (χ1v) is 11.5. The van der Waals surface area contributed by atoms with E-state index < -0.39 is 0 Å². The minimum atomic E-state index is -0.0251. The van der Waals surface area contributed by atoms with Crippen LogP contribution in [0.5, 0.6) is 0 Å². The third-order valence-electron chi connectivity index (χ3n) is 7.83. The number of carbonyl (C=O) groups is 2. The molecule has 0 bridgehead atoms. The van der Waals surface area contributed by atoms with Crippen molar-refractivity contribution in [2.75, 3.05) is 66.5 Å². The molecule has 3 saturated heterocycles. The van der Waals surface area contributed by atoms with E-state index in [1.165, 1.54) is 38.5 Å². The van der Waals surface area contributed by atoms with Crippen molar-refractivity contribution >= 4 is 11.8 Å². The predicted octanol–water partition coefficient (Wildman–Crippen LogP) is -4.30. The monoisotopic (exact) mass is 648 g/mol. The number of carbonyl (C=O) groups excluding carboxylic acids is 2. The molecule has 0 saturated carbocycles. The van der Waals surface area contributed by atoms with Gasteiger partial charge in [0.15, 0.2) is 0 Å². The molecule has 3 heterocycles. The molecular formula is C22H42I2N4O2. The smallest absolute Gasteiger partial charge is 0.330 e. The van der Waals surface area contributed by atoms with Gasteiger partial charge in [0.05, 0.1) is 40.3 Å². The highest BCUT2D eigenvalue weighted by molar-refractivity contribution is 5.75. The Balaban J connectivity index is 0.00000225. The maximum absolute atomic E-state index is 13.2. The molecule has 3 aliphatic rings. The Morgan fingerprint density at radius 3 is 1.13 bits per heavy atom. The molecule has 0 radical (unpaired) electrons. The van der Waals surface area contributed by atoms with Crippen LogP contribution < -0.4 is 48.0 Å². The van der Waals surface area contributed by atoms with Gasteiger partial charge in [0.1, 0.15) is 12.1 Å². The SMILES string of the molecule is CC(C(=O)[N+]1(C)CCCCC1)N1CCN(C(C)C(=O)[N+]2(C)CCCCC2)CC1.[I-].[I-]. The van der Waals surface area contributed by atoms with Gasteiger partial charge in [-0.1, -0.05) is 0 Å². The van der Waals surface area contributed by atoms with Crippen molar-refractivity contribution in [3.63, 3.8) is 0 Å². The van der Waals surface area contributed by atoms with Gasteiger partial charge in [-0.3, -0.25) is 18.8 Å². The Morgan fingerprint density at radius 2 is 0.867 bits per heavy atom. The van der Waals surface area contributed by atoms with E-state index in [1.54, 1.807) is 0 Å². The first kappa shape index (κ1) is 28.7. The molecule has 3 fully saturated rings. The molecule has 0 N–H and O–H groups in total.